The van der Waals surface area contributed by atoms with Gasteiger partial charge in [-0.1, -0.05) is 0 Å². The number of nitrogens with zero attached hydrogens (tertiary/aromatic N) is 1. The second-order valence-electron chi connectivity index (χ2n) is 2.36. The van der Waals surface area contributed by atoms with Crippen molar-refractivity contribution in [2.24, 2.45) is 0 Å². The fourth-order valence-corrected chi connectivity index (χ4v) is 0.876. The number of rotatable bonds is 1. The van der Waals surface area contributed by atoms with Gasteiger partial charge in [0, 0.05) is 6.92 Å². The van der Waals surface area contributed by atoms with E-state index in [-0.39, 0.29) is 30.6 Å². The number of ketones is 1. The van der Waals surface area contributed by atoms with Crippen molar-refractivity contribution in [1.82, 2.24) is 10.4 Å². The topological polar surface area (TPSA) is 66.5 Å². The highest BCUT2D eigenvalue weighted by Crippen LogP contribution is 2.01. The largest absolute Gasteiger partial charge is 0.297 e. The van der Waals surface area contributed by atoms with Crippen molar-refractivity contribution in [3.63, 3.8) is 0 Å². The highest BCUT2D eigenvalue weighted by Gasteiger charge is 2.27. The number of carbonyl (C=O) groups excluding carboxylic acids is 3. The number of Topliss-reactive ketones (excluding diaryl/α,β-unsaturated/α-hetero) is 1. The van der Waals surface area contributed by atoms with Crippen LogP contribution < -0.4 is 5.43 Å². The first kappa shape index (κ1) is 7.71. The molecule has 0 unspecified atom stereocenters. The van der Waals surface area contributed by atoms with Crippen LogP contribution in [0.25, 0.3) is 0 Å². The summed E-state index contributed by atoms with van der Waals surface area (Å²) in [4.78, 5) is 31.9. The minimum atomic E-state index is -0.342. The zero-order valence-electron chi connectivity index (χ0n) is 6.09. The first-order valence-corrected chi connectivity index (χ1v) is 3.19. The summed E-state index contributed by atoms with van der Waals surface area (Å²) in [6, 6.07) is 0. The zero-order valence-corrected chi connectivity index (χ0v) is 6.09. The molecular weight excluding hydrogens is 148 g/mol. The maximum Gasteiger partial charge on any atom is 0.248 e. The van der Waals surface area contributed by atoms with Gasteiger partial charge in [-0.05, 0) is 0 Å². The number of hydrazine groups is 1. The third-order valence-electron chi connectivity index (χ3n) is 1.28. The summed E-state index contributed by atoms with van der Waals surface area (Å²) in [5, 5.41) is 1.03. The summed E-state index contributed by atoms with van der Waals surface area (Å²) in [5.74, 6) is -0.845. The molecule has 1 aliphatic heterocycles. The lowest BCUT2D eigenvalue weighted by atomic mass is 10.3. The van der Waals surface area contributed by atoms with Crippen molar-refractivity contribution in [2.75, 3.05) is 6.54 Å². The molecular formula is C6H8N2O3. The van der Waals surface area contributed by atoms with Gasteiger partial charge >= 0.3 is 0 Å². The van der Waals surface area contributed by atoms with Crippen LogP contribution in [0.15, 0.2) is 0 Å². The Bertz CT molecular complexity index is 224. The molecule has 0 atom stereocenters. The Labute approximate surface area is 63.3 Å². The van der Waals surface area contributed by atoms with Crippen molar-refractivity contribution >= 4 is 17.6 Å². The molecule has 1 N–H and O–H groups in total. The van der Waals surface area contributed by atoms with Gasteiger partial charge in [0.1, 0.15) is 6.54 Å². The van der Waals surface area contributed by atoms with E-state index in [9.17, 15) is 14.4 Å². The van der Waals surface area contributed by atoms with Gasteiger partial charge < -0.3 is 0 Å². The van der Waals surface area contributed by atoms with Crippen LogP contribution in [-0.4, -0.2) is 29.2 Å². The second kappa shape index (κ2) is 2.69. The van der Waals surface area contributed by atoms with Crippen molar-refractivity contribution < 1.29 is 14.4 Å². The van der Waals surface area contributed by atoms with E-state index >= 15 is 0 Å². The summed E-state index contributed by atoms with van der Waals surface area (Å²) in [7, 11) is 0. The highest BCUT2D eigenvalue weighted by atomic mass is 16.2. The fraction of sp³-hybridized carbons (Fsp3) is 0.500. The minimum Gasteiger partial charge on any atom is -0.297 e. The summed E-state index contributed by atoms with van der Waals surface area (Å²) < 4.78 is 0. The highest BCUT2D eigenvalue weighted by molar-refractivity contribution is 6.05. The molecule has 0 spiro atoms. The number of carbonyl (C=O) groups is 3. The van der Waals surface area contributed by atoms with Crippen LogP contribution in [0.3, 0.4) is 0 Å². The number of amides is 2. The maximum absolute atomic E-state index is 10.8. The smallest absolute Gasteiger partial charge is 0.248 e. The minimum absolute atomic E-state index is 0.00157. The molecule has 1 heterocycles. The van der Waals surface area contributed by atoms with Crippen LogP contribution in [-0.2, 0) is 14.4 Å². The maximum atomic E-state index is 10.8. The lowest BCUT2D eigenvalue weighted by molar-refractivity contribution is -0.137. The van der Waals surface area contributed by atoms with Crippen LogP contribution in [0, 0.1) is 0 Å². The van der Waals surface area contributed by atoms with E-state index in [1.165, 1.54) is 6.92 Å². The fourth-order valence-electron chi connectivity index (χ4n) is 0.876. The van der Waals surface area contributed by atoms with Crippen LogP contribution in [0.4, 0.5) is 0 Å². The Morgan fingerprint density at radius 3 is 2.55 bits per heavy atom. The van der Waals surface area contributed by atoms with Gasteiger partial charge in [0.25, 0.3) is 0 Å². The van der Waals surface area contributed by atoms with E-state index in [0.29, 0.717) is 0 Å². The van der Waals surface area contributed by atoms with Gasteiger partial charge in [0.05, 0.1) is 6.42 Å². The normalized spacial score (nSPS) is 17.4. The number of hydrogen-bond donors (Lipinski definition) is 1. The van der Waals surface area contributed by atoms with E-state index in [1.54, 1.807) is 0 Å². The first-order valence-electron chi connectivity index (χ1n) is 3.19. The van der Waals surface area contributed by atoms with Gasteiger partial charge in [0.2, 0.25) is 11.8 Å². The zero-order chi connectivity index (χ0) is 8.43. The first-order chi connectivity index (χ1) is 5.09. The standard InChI is InChI=1S/C6H8N2O3/c1-4(9)7-8-3-5(10)2-6(8)11/h2-3H2,1H3,(H,7,9). The Morgan fingerprint density at radius 2 is 2.18 bits per heavy atom. The molecule has 1 aliphatic rings. The molecule has 0 saturated carbocycles. The predicted molar refractivity (Wildman–Crippen MR) is 35.2 cm³/mol. The molecule has 11 heavy (non-hydrogen) atoms. The molecule has 0 aromatic heterocycles. The van der Waals surface area contributed by atoms with Gasteiger partial charge in [-0.3, -0.25) is 19.8 Å². The monoisotopic (exact) mass is 156 g/mol. The van der Waals surface area contributed by atoms with Crippen LogP contribution in [0.2, 0.25) is 0 Å². The molecule has 60 valence electrons. The van der Waals surface area contributed by atoms with Crippen molar-refractivity contribution in [1.29, 1.82) is 0 Å². The summed E-state index contributed by atoms with van der Waals surface area (Å²) in [6.45, 7) is 1.29. The molecule has 0 aromatic rings. The predicted octanol–water partition coefficient (Wildman–Crippen LogP) is -1.16. The number of nitrogens with one attached hydrogen (secondary N) is 1. The van der Waals surface area contributed by atoms with Crippen LogP contribution >= 0.6 is 0 Å². The van der Waals surface area contributed by atoms with E-state index in [1.807, 2.05) is 0 Å². The number of hydrogen-bond acceptors (Lipinski definition) is 3. The molecule has 5 heteroatoms. The second-order valence-corrected chi connectivity index (χ2v) is 2.36. The van der Waals surface area contributed by atoms with E-state index in [4.69, 9.17) is 0 Å². The molecule has 1 saturated heterocycles. The molecule has 0 aliphatic carbocycles. The van der Waals surface area contributed by atoms with E-state index < -0.39 is 0 Å². The molecule has 0 radical (unpaired) electrons. The third kappa shape index (κ3) is 1.76. The molecule has 1 fully saturated rings. The summed E-state index contributed by atoms with van der Waals surface area (Å²) >= 11 is 0. The Hall–Kier alpha value is -1.39. The van der Waals surface area contributed by atoms with Gasteiger partial charge in [-0.25, -0.2) is 5.01 Å². The molecule has 0 aromatic carbocycles. The lowest BCUT2D eigenvalue weighted by Crippen LogP contribution is -2.42. The molecule has 1 rings (SSSR count). The van der Waals surface area contributed by atoms with Crippen molar-refractivity contribution in [3.8, 4) is 0 Å². The van der Waals surface area contributed by atoms with Crippen molar-refractivity contribution in [2.45, 2.75) is 13.3 Å². The average Bonchev–Trinajstić information content (AvgIpc) is 2.09. The lowest BCUT2D eigenvalue weighted by Gasteiger charge is -2.13. The van der Waals surface area contributed by atoms with E-state index in [2.05, 4.69) is 5.43 Å². The summed E-state index contributed by atoms with van der Waals surface area (Å²) in [5.41, 5.74) is 2.25. The summed E-state index contributed by atoms with van der Waals surface area (Å²) in [6.07, 6.45) is -0.0969. The Morgan fingerprint density at radius 1 is 1.55 bits per heavy atom. The average molecular weight is 156 g/mol. The molecule has 5 nitrogen and oxygen atoms in total. The van der Waals surface area contributed by atoms with Crippen molar-refractivity contribution in [3.05, 3.63) is 0 Å². The van der Waals surface area contributed by atoms with Crippen LogP contribution in [0.1, 0.15) is 13.3 Å². The molecule has 2 amide bonds. The molecule has 0 bridgehead atoms. The van der Waals surface area contributed by atoms with Crippen LogP contribution in [0.5, 0.6) is 0 Å². The van der Waals surface area contributed by atoms with E-state index in [0.717, 1.165) is 5.01 Å². The Balaban J connectivity index is 2.53. The quantitative estimate of drug-likeness (QED) is 0.487. The third-order valence-corrected chi connectivity index (χ3v) is 1.28. The van der Waals surface area contributed by atoms with Gasteiger partial charge in [0.15, 0.2) is 5.78 Å². The SMILES string of the molecule is CC(=O)NN1CC(=O)CC1=O. The Kier molecular flexibility index (Phi) is 1.89. The van der Waals surface area contributed by atoms with Gasteiger partial charge in [-0.2, -0.15) is 0 Å². The van der Waals surface area contributed by atoms with Gasteiger partial charge in [-0.15, -0.1) is 0 Å².